The molecule has 1 aliphatic rings. The third-order valence-corrected chi connectivity index (χ3v) is 4.49. The van der Waals surface area contributed by atoms with E-state index in [4.69, 9.17) is 9.47 Å². The predicted molar refractivity (Wildman–Crippen MR) is 105 cm³/mol. The highest BCUT2D eigenvalue weighted by molar-refractivity contribution is 6.06. The van der Waals surface area contributed by atoms with E-state index in [0.717, 1.165) is 11.1 Å². The first kappa shape index (κ1) is 17.6. The van der Waals surface area contributed by atoms with E-state index in [1.807, 2.05) is 48.5 Å². The molecule has 0 aliphatic carbocycles. The molecule has 6 heteroatoms. The molecule has 140 valence electrons. The molecule has 0 spiro atoms. The van der Waals surface area contributed by atoms with Crippen LogP contribution < -0.4 is 14.8 Å². The number of carbonyl (C=O) groups is 1. The van der Waals surface area contributed by atoms with Gasteiger partial charge in [-0.25, -0.2) is 0 Å². The van der Waals surface area contributed by atoms with Crippen molar-refractivity contribution < 1.29 is 19.5 Å². The first-order valence-corrected chi connectivity index (χ1v) is 8.80. The topological polar surface area (TPSA) is 80.2 Å². The summed E-state index contributed by atoms with van der Waals surface area (Å²) in [4.78, 5) is 12.5. The molecule has 4 rings (SSSR count). The molecular formula is C22H18N2O4. The lowest BCUT2D eigenvalue weighted by Gasteiger charge is -2.12. The van der Waals surface area contributed by atoms with Crippen LogP contribution >= 0.6 is 0 Å². The zero-order valence-electron chi connectivity index (χ0n) is 15.0. The number of oxime groups is 1. The highest BCUT2D eigenvalue weighted by atomic mass is 16.7. The fourth-order valence-electron chi connectivity index (χ4n) is 3.03. The second kappa shape index (κ2) is 7.84. The number of rotatable bonds is 5. The quantitative estimate of drug-likeness (QED) is 0.400. The van der Waals surface area contributed by atoms with Crippen LogP contribution in [-0.2, 0) is 6.42 Å². The van der Waals surface area contributed by atoms with Crippen molar-refractivity contribution >= 4 is 17.3 Å². The lowest BCUT2D eigenvalue weighted by molar-refractivity contribution is 0.102. The van der Waals surface area contributed by atoms with Crippen LogP contribution in [-0.4, -0.2) is 23.6 Å². The summed E-state index contributed by atoms with van der Waals surface area (Å²) in [6, 6.07) is 21.8. The minimum atomic E-state index is -0.196. The minimum absolute atomic E-state index is 0.179. The van der Waals surface area contributed by atoms with E-state index in [2.05, 4.69) is 10.5 Å². The number of hydrogen-bond acceptors (Lipinski definition) is 5. The van der Waals surface area contributed by atoms with Crippen LogP contribution in [0.4, 0.5) is 5.69 Å². The van der Waals surface area contributed by atoms with Crippen LogP contribution in [0.2, 0.25) is 0 Å². The van der Waals surface area contributed by atoms with E-state index in [1.54, 1.807) is 24.3 Å². The van der Waals surface area contributed by atoms with E-state index in [0.29, 0.717) is 34.9 Å². The van der Waals surface area contributed by atoms with Crippen molar-refractivity contribution in [3.63, 3.8) is 0 Å². The Morgan fingerprint density at radius 2 is 1.68 bits per heavy atom. The van der Waals surface area contributed by atoms with Crippen molar-refractivity contribution in [1.82, 2.24) is 0 Å². The summed E-state index contributed by atoms with van der Waals surface area (Å²) in [7, 11) is 0. The second-order valence-electron chi connectivity index (χ2n) is 6.27. The predicted octanol–water partition coefficient (Wildman–Crippen LogP) is 4.09. The Balaban J connectivity index is 1.57. The molecule has 0 aromatic heterocycles. The highest BCUT2D eigenvalue weighted by Crippen LogP contribution is 2.33. The van der Waals surface area contributed by atoms with Gasteiger partial charge in [-0.15, -0.1) is 0 Å². The number of hydrogen-bond donors (Lipinski definition) is 2. The van der Waals surface area contributed by atoms with Crippen LogP contribution in [0.1, 0.15) is 21.5 Å². The average Bonchev–Trinajstić information content (AvgIpc) is 3.21. The standard InChI is InChI=1S/C22H18N2O4/c25-22(15-6-2-1-3-7-15)23-18-9-5-4-8-16(18)12-19(24-26)17-10-11-20-21(13-17)28-14-27-20/h1-11,13,26H,12,14H2,(H,23,25). The van der Waals surface area contributed by atoms with Crippen LogP contribution in [0.25, 0.3) is 0 Å². The molecule has 1 amide bonds. The lowest BCUT2D eigenvalue weighted by atomic mass is 10.00. The first-order chi connectivity index (χ1) is 13.7. The zero-order valence-corrected chi connectivity index (χ0v) is 15.0. The van der Waals surface area contributed by atoms with Gasteiger partial charge in [-0.2, -0.15) is 0 Å². The summed E-state index contributed by atoms with van der Waals surface area (Å²) >= 11 is 0. The summed E-state index contributed by atoms with van der Waals surface area (Å²) in [6.07, 6.45) is 0.335. The number of para-hydroxylation sites is 1. The number of amides is 1. The Hall–Kier alpha value is -3.80. The fourth-order valence-corrected chi connectivity index (χ4v) is 3.03. The molecule has 1 heterocycles. The zero-order chi connectivity index (χ0) is 19.3. The third-order valence-electron chi connectivity index (χ3n) is 4.49. The van der Waals surface area contributed by atoms with Gasteiger partial charge in [-0.1, -0.05) is 41.6 Å². The number of carbonyl (C=O) groups excluding carboxylic acids is 1. The Labute approximate surface area is 162 Å². The molecule has 0 saturated carbocycles. The van der Waals surface area contributed by atoms with Gasteiger partial charge in [0.2, 0.25) is 6.79 Å². The van der Waals surface area contributed by atoms with Crippen LogP contribution in [0.3, 0.4) is 0 Å². The van der Waals surface area contributed by atoms with Gasteiger partial charge in [0.05, 0.1) is 5.71 Å². The molecule has 0 atom stereocenters. The van der Waals surface area contributed by atoms with Crippen molar-refractivity contribution in [3.05, 3.63) is 89.5 Å². The minimum Gasteiger partial charge on any atom is -0.454 e. The maximum absolute atomic E-state index is 12.5. The molecule has 2 N–H and O–H groups in total. The third kappa shape index (κ3) is 3.66. The van der Waals surface area contributed by atoms with E-state index >= 15 is 0 Å². The van der Waals surface area contributed by atoms with E-state index < -0.39 is 0 Å². The van der Waals surface area contributed by atoms with Gasteiger partial charge in [-0.3, -0.25) is 4.79 Å². The lowest BCUT2D eigenvalue weighted by Crippen LogP contribution is -2.14. The van der Waals surface area contributed by atoms with Crippen LogP contribution in [0.15, 0.2) is 78.0 Å². The van der Waals surface area contributed by atoms with Crippen molar-refractivity contribution in [2.75, 3.05) is 12.1 Å². The van der Waals surface area contributed by atoms with Crippen molar-refractivity contribution in [3.8, 4) is 11.5 Å². The van der Waals surface area contributed by atoms with Crippen LogP contribution in [0, 0.1) is 0 Å². The van der Waals surface area contributed by atoms with Gasteiger partial charge in [0.1, 0.15) is 0 Å². The van der Waals surface area contributed by atoms with Crippen molar-refractivity contribution in [1.29, 1.82) is 0 Å². The fraction of sp³-hybridized carbons (Fsp3) is 0.0909. The number of fused-ring (bicyclic) bond motifs is 1. The first-order valence-electron chi connectivity index (χ1n) is 8.80. The molecular weight excluding hydrogens is 356 g/mol. The summed E-state index contributed by atoms with van der Waals surface area (Å²) in [5.74, 6) is 1.08. The Morgan fingerprint density at radius 3 is 2.50 bits per heavy atom. The number of nitrogens with zero attached hydrogens (tertiary/aromatic N) is 1. The van der Waals surface area contributed by atoms with Gasteiger partial charge in [0.15, 0.2) is 11.5 Å². The maximum atomic E-state index is 12.5. The molecule has 6 nitrogen and oxygen atoms in total. The molecule has 0 saturated heterocycles. The monoisotopic (exact) mass is 374 g/mol. The molecule has 0 bridgehead atoms. The molecule has 0 unspecified atom stereocenters. The van der Waals surface area contributed by atoms with Gasteiger partial charge < -0.3 is 20.0 Å². The van der Waals surface area contributed by atoms with Crippen LogP contribution in [0.5, 0.6) is 11.5 Å². The van der Waals surface area contributed by atoms with Gasteiger partial charge in [-0.05, 0) is 42.0 Å². The molecule has 0 radical (unpaired) electrons. The molecule has 0 fully saturated rings. The number of benzene rings is 3. The summed E-state index contributed by atoms with van der Waals surface area (Å²) in [6.45, 7) is 0.179. The van der Waals surface area contributed by atoms with Gasteiger partial charge in [0, 0.05) is 23.2 Å². The summed E-state index contributed by atoms with van der Waals surface area (Å²) in [5.41, 5.74) is 3.25. The summed E-state index contributed by atoms with van der Waals surface area (Å²) < 4.78 is 10.7. The summed E-state index contributed by atoms with van der Waals surface area (Å²) in [5, 5.41) is 16.0. The smallest absolute Gasteiger partial charge is 0.255 e. The number of anilines is 1. The Kier molecular flexibility index (Phi) is 4.93. The maximum Gasteiger partial charge on any atom is 0.255 e. The van der Waals surface area contributed by atoms with Gasteiger partial charge in [0.25, 0.3) is 5.91 Å². The SMILES string of the molecule is O=C(Nc1ccccc1CC(=NO)c1ccc2c(c1)OCO2)c1ccccc1. The largest absolute Gasteiger partial charge is 0.454 e. The highest BCUT2D eigenvalue weighted by Gasteiger charge is 2.17. The number of nitrogens with one attached hydrogen (secondary N) is 1. The second-order valence-corrected chi connectivity index (χ2v) is 6.27. The molecule has 3 aromatic rings. The average molecular weight is 374 g/mol. The van der Waals surface area contributed by atoms with E-state index in [-0.39, 0.29) is 12.7 Å². The number of ether oxygens (including phenoxy) is 2. The van der Waals surface area contributed by atoms with Crippen molar-refractivity contribution in [2.24, 2.45) is 5.16 Å². The van der Waals surface area contributed by atoms with Crippen molar-refractivity contribution in [2.45, 2.75) is 6.42 Å². The molecule has 3 aromatic carbocycles. The molecule has 28 heavy (non-hydrogen) atoms. The van der Waals surface area contributed by atoms with E-state index in [1.165, 1.54) is 0 Å². The molecule has 1 aliphatic heterocycles. The Bertz CT molecular complexity index is 1030. The van der Waals surface area contributed by atoms with E-state index in [9.17, 15) is 10.0 Å². The van der Waals surface area contributed by atoms with Gasteiger partial charge >= 0.3 is 0 Å². The normalized spacial score (nSPS) is 12.6. The Morgan fingerprint density at radius 1 is 0.929 bits per heavy atom.